The van der Waals surface area contributed by atoms with Gasteiger partial charge in [-0.2, -0.15) is 5.10 Å². The highest BCUT2D eigenvalue weighted by molar-refractivity contribution is 6.54. The van der Waals surface area contributed by atoms with E-state index in [1.165, 1.54) is 10.8 Å². The molecule has 0 radical (unpaired) electrons. The number of pyridine rings is 1. The molecular formula is C18H22BF2N3O2. The van der Waals surface area contributed by atoms with E-state index >= 15 is 0 Å². The van der Waals surface area contributed by atoms with Crippen LogP contribution in [0, 0.1) is 0 Å². The molecule has 26 heavy (non-hydrogen) atoms. The third-order valence-electron chi connectivity index (χ3n) is 4.83. The van der Waals surface area contributed by atoms with Gasteiger partial charge in [0.25, 0.3) is 0 Å². The van der Waals surface area contributed by atoms with Crippen molar-refractivity contribution >= 4 is 13.2 Å². The van der Waals surface area contributed by atoms with E-state index in [0.717, 1.165) is 5.56 Å². The molecule has 2 aromatic heterocycles. The molecule has 1 saturated heterocycles. The third-order valence-corrected chi connectivity index (χ3v) is 4.83. The maximum Gasteiger partial charge on any atom is 0.525 e. The van der Waals surface area contributed by atoms with E-state index in [2.05, 4.69) is 10.1 Å². The average Bonchev–Trinajstić information content (AvgIpc) is 3.06. The molecule has 0 bridgehead atoms. The van der Waals surface area contributed by atoms with Crippen molar-refractivity contribution in [2.24, 2.45) is 0 Å². The lowest BCUT2D eigenvalue weighted by molar-refractivity contribution is 0.00578. The normalized spacial score (nSPS) is 19.2. The highest BCUT2D eigenvalue weighted by Gasteiger charge is 2.53. The van der Waals surface area contributed by atoms with Crippen LogP contribution in [0.2, 0.25) is 0 Å². The third kappa shape index (κ3) is 3.57. The van der Waals surface area contributed by atoms with Gasteiger partial charge in [-0.3, -0.25) is 9.67 Å². The van der Waals surface area contributed by atoms with Gasteiger partial charge in [0.2, 0.25) is 0 Å². The SMILES string of the molecule is CC1(C)OB(C(F)=Cc2cn(CCF)nc2-c2ccncc2)OC1(C)C. The standard InChI is InChI=1S/C18H22BF2N3O2/c1-17(2)18(3,4)26-19(25-17)15(21)11-14-12-24(10-7-20)23-16(14)13-5-8-22-9-6-13/h5-6,8-9,11-12H,7,10H2,1-4H3. The summed E-state index contributed by atoms with van der Waals surface area (Å²) in [5.41, 5.74) is 0.0263. The van der Waals surface area contributed by atoms with Gasteiger partial charge in [0, 0.05) is 29.7 Å². The van der Waals surface area contributed by atoms with Gasteiger partial charge in [-0.15, -0.1) is 0 Å². The lowest BCUT2D eigenvalue weighted by Gasteiger charge is -2.32. The predicted molar refractivity (Wildman–Crippen MR) is 96.6 cm³/mol. The second kappa shape index (κ2) is 6.93. The minimum Gasteiger partial charge on any atom is -0.398 e. The Morgan fingerprint density at radius 2 is 1.81 bits per heavy atom. The number of halogens is 2. The summed E-state index contributed by atoms with van der Waals surface area (Å²) in [6, 6.07) is 3.54. The zero-order valence-corrected chi connectivity index (χ0v) is 15.4. The second-order valence-corrected chi connectivity index (χ2v) is 7.24. The number of hydrogen-bond acceptors (Lipinski definition) is 4. The number of alkyl halides is 1. The zero-order chi connectivity index (χ0) is 18.9. The number of hydrogen-bond donors (Lipinski definition) is 0. The molecule has 0 spiro atoms. The van der Waals surface area contributed by atoms with Crippen LogP contribution in [0.5, 0.6) is 0 Å². The summed E-state index contributed by atoms with van der Waals surface area (Å²) < 4.78 is 40.5. The molecule has 3 rings (SSSR count). The first-order chi connectivity index (χ1) is 12.2. The van der Waals surface area contributed by atoms with Crippen molar-refractivity contribution in [3.8, 4) is 11.3 Å². The summed E-state index contributed by atoms with van der Waals surface area (Å²) in [5.74, 6) is 0. The van der Waals surface area contributed by atoms with Gasteiger partial charge in [0.15, 0.2) is 0 Å². The van der Waals surface area contributed by atoms with Crippen LogP contribution < -0.4 is 0 Å². The van der Waals surface area contributed by atoms with Crippen LogP contribution in [0.4, 0.5) is 8.78 Å². The Balaban J connectivity index is 1.95. The Morgan fingerprint density at radius 3 is 2.38 bits per heavy atom. The van der Waals surface area contributed by atoms with E-state index in [0.29, 0.717) is 11.3 Å². The van der Waals surface area contributed by atoms with Crippen molar-refractivity contribution in [3.63, 3.8) is 0 Å². The zero-order valence-electron chi connectivity index (χ0n) is 15.4. The first-order valence-corrected chi connectivity index (χ1v) is 8.50. The molecule has 0 saturated carbocycles. The average molecular weight is 361 g/mol. The summed E-state index contributed by atoms with van der Waals surface area (Å²) in [7, 11) is -1.09. The molecule has 1 aliphatic heterocycles. The highest BCUT2D eigenvalue weighted by Crippen LogP contribution is 2.39. The first-order valence-electron chi connectivity index (χ1n) is 8.50. The van der Waals surface area contributed by atoms with E-state index in [9.17, 15) is 8.78 Å². The molecular weight excluding hydrogens is 339 g/mol. The highest BCUT2D eigenvalue weighted by atomic mass is 19.1. The van der Waals surface area contributed by atoms with Crippen molar-refractivity contribution in [2.75, 3.05) is 6.67 Å². The molecule has 0 N–H and O–H groups in total. The van der Waals surface area contributed by atoms with Gasteiger partial charge < -0.3 is 9.31 Å². The molecule has 5 nitrogen and oxygen atoms in total. The van der Waals surface area contributed by atoms with Gasteiger partial charge in [0.05, 0.1) is 23.4 Å². The number of aryl methyl sites for hydroxylation is 1. The number of nitrogens with zero attached hydrogens (tertiary/aromatic N) is 3. The quantitative estimate of drug-likeness (QED) is 0.759. The summed E-state index contributed by atoms with van der Waals surface area (Å²) in [4.78, 5) is 3.98. The summed E-state index contributed by atoms with van der Waals surface area (Å²) in [6.07, 6.45) is 6.20. The Hall–Kier alpha value is -2.06. The molecule has 0 aromatic carbocycles. The van der Waals surface area contributed by atoms with Crippen molar-refractivity contribution in [2.45, 2.75) is 45.4 Å². The monoisotopic (exact) mass is 361 g/mol. The van der Waals surface area contributed by atoms with Gasteiger partial charge in [-0.25, -0.2) is 8.78 Å². The van der Waals surface area contributed by atoms with Crippen LogP contribution in [0.25, 0.3) is 17.3 Å². The Labute approximate surface area is 152 Å². The summed E-state index contributed by atoms with van der Waals surface area (Å²) in [5, 5.41) is 4.36. The lowest BCUT2D eigenvalue weighted by atomic mass is 9.86. The van der Waals surface area contributed by atoms with Gasteiger partial charge in [-0.05, 0) is 45.9 Å². The Morgan fingerprint density at radius 1 is 1.19 bits per heavy atom. The maximum absolute atomic E-state index is 14.9. The number of rotatable bonds is 5. The minimum absolute atomic E-state index is 0.101. The van der Waals surface area contributed by atoms with Crippen LogP contribution >= 0.6 is 0 Å². The van der Waals surface area contributed by atoms with Crippen LogP contribution in [0.15, 0.2) is 36.4 Å². The molecule has 0 unspecified atom stereocenters. The molecule has 2 aromatic rings. The molecule has 1 aliphatic rings. The topological polar surface area (TPSA) is 49.2 Å². The van der Waals surface area contributed by atoms with Crippen molar-refractivity contribution in [1.29, 1.82) is 0 Å². The molecule has 1 fully saturated rings. The maximum atomic E-state index is 14.9. The van der Waals surface area contributed by atoms with Crippen LogP contribution in [0.1, 0.15) is 33.3 Å². The molecule has 0 atom stereocenters. The molecule has 0 aliphatic carbocycles. The van der Waals surface area contributed by atoms with Crippen molar-refractivity contribution < 1.29 is 18.1 Å². The van der Waals surface area contributed by atoms with E-state index in [4.69, 9.17) is 9.31 Å². The lowest BCUT2D eigenvalue weighted by Crippen LogP contribution is -2.41. The van der Waals surface area contributed by atoms with Crippen molar-refractivity contribution in [1.82, 2.24) is 14.8 Å². The van der Waals surface area contributed by atoms with E-state index < -0.39 is 30.7 Å². The summed E-state index contributed by atoms with van der Waals surface area (Å²) >= 11 is 0. The number of aromatic nitrogens is 3. The second-order valence-electron chi connectivity index (χ2n) is 7.24. The van der Waals surface area contributed by atoms with Gasteiger partial charge >= 0.3 is 7.12 Å². The largest absolute Gasteiger partial charge is 0.525 e. The molecule has 0 amide bonds. The predicted octanol–water partition coefficient (Wildman–Crippen LogP) is 3.86. The van der Waals surface area contributed by atoms with Crippen molar-refractivity contribution in [3.05, 3.63) is 42.0 Å². The van der Waals surface area contributed by atoms with Crippen LogP contribution in [0.3, 0.4) is 0 Å². The van der Waals surface area contributed by atoms with Gasteiger partial charge in [0.1, 0.15) is 12.4 Å². The summed E-state index contributed by atoms with van der Waals surface area (Å²) in [6.45, 7) is 7.00. The Kier molecular flexibility index (Phi) is 4.99. The first kappa shape index (κ1) is 18.7. The fourth-order valence-corrected chi connectivity index (χ4v) is 2.65. The van der Waals surface area contributed by atoms with Crippen LogP contribution in [-0.2, 0) is 15.9 Å². The van der Waals surface area contributed by atoms with E-state index in [1.807, 2.05) is 27.7 Å². The molecule has 8 heteroatoms. The van der Waals surface area contributed by atoms with Gasteiger partial charge in [-0.1, -0.05) is 0 Å². The molecule has 3 heterocycles. The van der Waals surface area contributed by atoms with Crippen LogP contribution in [-0.4, -0.2) is 39.8 Å². The smallest absolute Gasteiger partial charge is 0.398 e. The van der Waals surface area contributed by atoms with E-state index in [1.54, 1.807) is 30.7 Å². The Bertz CT molecular complexity index is 790. The minimum atomic E-state index is -1.09. The molecule has 138 valence electrons. The fourth-order valence-electron chi connectivity index (χ4n) is 2.65. The fraction of sp³-hybridized carbons (Fsp3) is 0.444. The van der Waals surface area contributed by atoms with E-state index in [-0.39, 0.29) is 6.54 Å².